The highest BCUT2D eigenvalue weighted by molar-refractivity contribution is 5.27. The molecule has 0 amide bonds. The Labute approximate surface area is 92.4 Å². The third-order valence-electron chi connectivity index (χ3n) is 2.52. The van der Waals surface area contributed by atoms with Crippen molar-refractivity contribution in [3.05, 3.63) is 29.8 Å². The van der Waals surface area contributed by atoms with Crippen LogP contribution in [0.1, 0.15) is 25.8 Å². The van der Waals surface area contributed by atoms with Crippen molar-refractivity contribution in [3.63, 3.8) is 0 Å². The summed E-state index contributed by atoms with van der Waals surface area (Å²) < 4.78 is 5.12. The van der Waals surface area contributed by atoms with Crippen LogP contribution < -0.4 is 10.5 Å². The first-order chi connectivity index (χ1) is 7.11. The van der Waals surface area contributed by atoms with Gasteiger partial charge in [-0.15, -0.1) is 0 Å². The molecule has 0 aliphatic rings. The second-order valence-corrected chi connectivity index (χ2v) is 4.37. The average Bonchev–Trinajstić information content (AvgIpc) is 2.17. The van der Waals surface area contributed by atoms with Crippen LogP contribution in [0, 0.1) is 5.92 Å². The molecule has 2 nitrogen and oxygen atoms in total. The standard InChI is InChI=1S/C13H21NO/c1-10(8-11(2)14)9-12-4-6-13(15-3)7-5-12/h4-7,10-11H,8-9,14H2,1-3H3/t10-,11+/m1/s1. The highest BCUT2D eigenvalue weighted by Crippen LogP contribution is 2.16. The van der Waals surface area contributed by atoms with Gasteiger partial charge in [-0.1, -0.05) is 19.1 Å². The van der Waals surface area contributed by atoms with Crippen LogP contribution in [0.2, 0.25) is 0 Å². The van der Waals surface area contributed by atoms with E-state index in [0.717, 1.165) is 18.6 Å². The summed E-state index contributed by atoms with van der Waals surface area (Å²) in [7, 11) is 1.69. The summed E-state index contributed by atoms with van der Waals surface area (Å²) in [5, 5.41) is 0. The van der Waals surface area contributed by atoms with Crippen LogP contribution in [0.5, 0.6) is 5.75 Å². The van der Waals surface area contributed by atoms with Gasteiger partial charge in [-0.2, -0.15) is 0 Å². The summed E-state index contributed by atoms with van der Waals surface area (Å²) in [6.07, 6.45) is 2.16. The first-order valence-electron chi connectivity index (χ1n) is 5.50. The first-order valence-corrected chi connectivity index (χ1v) is 5.50. The van der Waals surface area contributed by atoms with E-state index in [0.29, 0.717) is 12.0 Å². The average molecular weight is 207 g/mol. The Hall–Kier alpha value is -1.02. The van der Waals surface area contributed by atoms with Gasteiger partial charge in [0.05, 0.1) is 7.11 Å². The van der Waals surface area contributed by atoms with E-state index in [-0.39, 0.29) is 0 Å². The maximum atomic E-state index is 5.77. The van der Waals surface area contributed by atoms with Crippen molar-refractivity contribution in [2.45, 2.75) is 32.7 Å². The molecule has 0 saturated carbocycles. The molecule has 0 radical (unpaired) electrons. The van der Waals surface area contributed by atoms with Gasteiger partial charge in [-0.25, -0.2) is 0 Å². The minimum absolute atomic E-state index is 0.290. The number of benzene rings is 1. The van der Waals surface area contributed by atoms with E-state index in [4.69, 9.17) is 10.5 Å². The molecular weight excluding hydrogens is 186 g/mol. The summed E-state index contributed by atoms with van der Waals surface area (Å²) in [5.41, 5.74) is 7.12. The zero-order valence-corrected chi connectivity index (χ0v) is 9.86. The van der Waals surface area contributed by atoms with E-state index in [1.807, 2.05) is 12.1 Å². The van der Waals surface area contributed by atoms with Crippen LogP contribution in [0.4, 0.5) is 0 Å². The topological polar surface area (TPSA) is 35.2 Å². The molecule has 0 spiro atoms. The summed E-state index contributed by atoms with van der Waals surface area (Å²) in [6.45, 7) is 4.30. The van der Waals surface area contributed by atoms with Crippen molar-refractivity contribution < 1.29 is 4.74 Å². The summed E-state index contributed by atoms with van der Waals surface area (Å²) in [5.74, 6) is 1.55. The molecule has 84 valence electrons. The highest BCUT2D eigenvalue weighted by atomic mass is 16.5. The zero-order valence-electron chi connectivity index (χ0n) is 9.86. The molecule has 0 heterocycles. The molecule has 2 heteroatoms. The van der Waals surface area contributed by atoms with Crippen LogP contribution in [-0.2, 0) is 6.42 Å². The molecule has 1 aromatic rings. The van der Waals surface area contributed by atoms with Gasteiger partial charge in [0.15, 0.2) is 0 Å². The lowest BCUT2D eigenvalue weighted by Gasteiger charge is -2.14. The summed E-state index contributed by atoms with van der Waals surface area (Å²) in [4.78, 5) is 0. The van der Waals surface area contributed by atoms with Crippen molar-refractivity contribution in [2.24, 2.45) is 11.7 Å². The van der Waals surface area contributed by atoms with Gasteiger partial charge < -0.3 is 10.5 Å². The fourth-order valence-corrected chi connectivity index (χ4v) is 1.88. The predicted molar refractivity (Wildman–Crippen MR) is 64.1 cm³/mol. The largest absolute Gasteiger partial charge is 0.497 e. The molecule has 0 bridgehead atoms. The molecule has 0 fully saturated rings. The van der Waals surface area contributed by atoms with Crippen LogP contribution in [0.3, 0.4) is 0 Å². The van der Waals surface area contributed by atoms with E-state index >= 15 is 0 Å². The normalized spacial score (nSPS) is 14.7. The van der Waals surface area contributed by atoms with Crippen LogP contribution in [-0.4, -0.2) is 13.2 Å². The van der Waals surface area contributed by atoms with E-state index in [2.05, 4.69) is 26.0 Å². The molecule has 2 atom stereocenters. The Balaban J connectivity index is 2.49. The number of hydrogen-bond donors (Lipinski definition) is 1. The lowest BCUT2D eigenvalue weighted by Crippen LogP contribution is -2.19. The second kappa shape index (κ2) is 5.76. The third kappa shape index (κ3) is 4.34. The van der Waals surface area contributed by atoms with E-state index in [9.17, 15) is 0 Å². The van der Waals surface area contributed by atoms with E-state index in [1.165, 1.54) is 5.56 Å². The molecule has 0 unspecified atom stereocenters. The van der Waals surface area contributed by atoms with Crippen molar-refractivity contribution in [1.82, 2.24) is 0 Å². The maximum absolute atomic E-state index is 5.77. The van der Waals surface area contributed by atoms with Gasteiger partial charge in [-0.05, 0) is 43.4 Å². The minimum atomic E-state index is 0.290. The summed E-state index contributed by atoms with van der Waals surface area (Å²) >= 11 is 0. The SMILES string of the molecule is COc1ccc(C[C@H](C)C[C@H](C)N)cc1. The Morgan fingerprint density at radius 2 is 1.80 bits per heavy atom. The van der Waals surface area contributed by atoms with Crippen LogP contribution in [0.25, 0.3) is 0 Å². The Morgan fingerprint density at radius 1 is 1.20 bits per heavy atom. The van der Waals surface area contributed by atoms with Crippen molar-refractivity contribution in [1.29, 1.82) is 0 Å². The molecule has 1 rings (SSSR count). The summed E-state index contributed by atoms with van der Waals surface area (Å²) in [6, 6.07) is 8.55. The molecule has 0 aromatic heterocycles. The fourth-order valence-electron chi connectivity index (χ4n) is 1.88. The molecule has 0 aliphatic carbocycles. The Morgan fingerprint density at radius 3 is 2.27 bits per heavy atom. The monoisotopic (exact) mass is 207 g/mol. The molecule has 2 N–H and O–H groups in total. The zero-order chi connectivity index (χ0) is 11.3. The van der Waals surface area contributed by atoms with Crippen LogP contribution >= 0.6 is 0 Å². The number of ether oxygens (including phenoxy) is 1. The van der Waals surface area contributed by atoms with Gasteiger partial charge >= 0.3 is 0 Å². The highest BCUT2D eigenvalue weighted by Gasteiger charge is 2.06. The van der Waals surface area contributed by atoms with Gasteiger partial charge in [0.1, 0.15) is 5.75 Å². The minimum Gasteiger partial charge on any atom is -0.497 e. The molecule has 0 saturated heterocycles. The predicted octanol–water partition coefficient (Wildman–Crippen LogP) is 2.61. The van der Waals surface area contributed by atoms with Gasteiger partial charge in [-0.3, -0.25) is 0 Å². The van der Waals surface area contributed by atoms with Crippen molar-refractivity contribution in [3.8, 4) is 5.75 Å². The third-order valence-corrected chi connectivity index (χ3v) is 2.52. The van der Waals surface area contributed by atoms with E-state index < -0.39 is 0 Å². The number of methoxy groups -OCH3 is 1. The molecular formula is C13H21NO. The molecule has 15 heavy (non-hydrogen) atoms. The van der Waals surface area contributed by atoms with E-state index in [1.54, 1.807) is 7.11 Å². The smallest absolute Gasteiger partial charge is 0.118 e. The molecule has 1 aromatic carbocycles. The Kier molecular flexibility index (Phi) is 4.63. The van der Waals surface area contributed by atoms with Crippen molar-refractivity contribution in [2.75, 3.05) is 7.11 Å². The lowest BCUT2D eigenvalue weighted by molar-refractivity contribution is 0.414. The quantitative estimate of drug-likeness (QED) is 0.805. The molecule has 0 aliphatic heterocycles. The number of hydrogen-bond acceptors (Lipinski definition) is 2. The Bertz CT molecular complexity index is 279. The second-order valence-electron chi connectivity index (χ2n) is 4.37. The van der Waals surface area contributed by atoms with Gasteiger partial charge in [0, 0.05) is 6.04 Å². The lowest BCUT2D eigenvalue weighted by atomic mass is 9.95. The number of rotatable bonds is 5. The first kappa shape index (κ1) is 12.1. The maximum Gasteiger partial charge on any atom is 0.118 e. The van der Waals surface area contributed by atoms with Crippen molar-refractivity contribution >= 4 is 0 Å². The number of nitrogens with two attached hydrogens (primary N) is 1. The van der Waals surface area contributed by atoms with Gasteiger partial charge in [0.2, 0.25) is 0 Å². The van der Waals surface area contributed by atoms with Gasteiger partial charge in [0.25, 0.3) is 0 Å². The van der Waals surface area contributed by atoms with Crippen LogP contribution in [0.15, 0.2) is 24.3 Å². The fraction of sp³-hybridized carbons (Fsp3) is 0.538.